The molecule has 0 saturated carbocycles. The van der Waals surface area contributed by atoms with Gasteiger partial charge in [-0.3, -0.25) is 0 Å². The number of hydrogen-bond acceptors (Lipinski definition) is 15. The molecule has 0 radical (unpaired) electrons. The van der Waals surface area contributed by atoms with E-state index < -0.39 is 36.6 Å². The molecular formula is C14H45B5N2O15. The van der Waals surface area contributed by atoms with Crippen LogP contribution < -0.4 is 10.0 Å². The maximum absolute atomic E-state index is 8.53. The van der Waals surface area contributed by atoms with Crippen molar-refractivity contribution < 1.29 is 84.3 Å². The lowest BCUT2D eigenvalue weighted by atomic mass is 10.1. The predicted octanol–water partition coefficient (Wildman–Crippen LogP) is -9.03. The van der Waals surface area contributed by atoms with Crippen molar-refractivity contribution in [3.8, 4) is 0 Å². The van der Waals surface area contributed by atoms with Crippen molar-refractivity contribution in [1.29, 1.82) is 0 Å². The summed E-state index contributed by atoms with van der Waals surface area (Å²) in [4.78, 5) is 0. The molecule has 2 rings (SSSR count). The minimum atomic E-state index is -2.67. The van der Waals surface area contributed by atoms with Crippen LogP contribution >= 0.6 is 0 Å². The lowest BCUT2D eigenvalue weighted by Crippen LogP contribution is -2.44. The third-order valence-electron chi connectivity index (χ3n) is 4.05. The molecule has 2 fully saturated rings. The van der Waals surface area contributed by atoms with Gasteiger partial charge in [0.25, 0.3) is 0 Å². The van der Waals surface area contributed by atoms with E-state index in [-0.39, 0.29) is 0 Å². The van der Waals surface area contributed by atoms with E-state index in [0.29, 0.717) is 0 Å². The largest absolute Gasteiger partial charge is 0.871 e. The van der Waals surface area contributed by atoms with Crippen LogP contribution in [0, 0.1) is 0 Å². The van der Waals surface area contributed by atoms with Crippen LogP contribution in [0.5, 0.6) is 0 Å². The van der Waals surface area contributed by atoms with E-state index in [1.165, 1.54) is 73.7 Å². The van der Waals surface area contributed by atoms with Crippen molar-refractivity contribution in [3.05, 3.63) is 0 Å². The predicted molar refractivity (Wildman–Crippen MR) is 129 cm³/mol. The molecule has 0 aliphatic carbocycles. The van der Waals surface area contributed by atoms with Crippen LogP contribution in [-0.4, -0.2) is 165 Å². The smallest absolute Gasteiger partial charge is 0.631 e. The van der Waals surface area contributed by atoms with Crippen molar-refractivity contribution in [2.45, 2.75) is 38.5 Å². The normalized spacial score (nSPS) is 16.1. The second-order valence-electron chi connectivity index (χ2n) is 8.58. The molecule has 0 bridgehead atoms. The Kier molecular flexibility index (Phi) is 37.0. The summed E-state index contributed by atoms with van der Waals surface area (Å²) in [6.45, 7) is 5.56. The molecule has 216 valence electrons. The SMILES string of the molecule is C[N+]1(C)CCCCC1.C[N+]1(C)CCCCC1.OB(O)O.OB(O)O.OB(O)O.OB(O)O.[O-]B([O-])O. The van der Waals surface area contributed by atoms with Gasteiger partial charge in [0.15, 0.2) is 0 Å². The highest BCUT2D eigenvalue weighted by Gasteiger charge is 2.18. The van der Waals surface area contributed by atoms with Crippen LogP contribution in [0.4, 0.5) is 0 Å². The summed E-state index contributed by atoms with van der Waals surface area (Å²) < 4.78 is 2.50. The Morgan fingerprint density at radius 2 is 0.500 bits per heavy atom. The summed E-state index contributed by atoms with van der Waals surface area (Å²) in [7, 11) is -2.06. The molecule has 0 atom stereocenters. The molecule has 22 heteroatoms. The molecule has 2 aliphatic heterocycles. The van der Waals surface area contributed by atoms with E-state index in [4.69, 9.17) is 75.4 Å². The second kappa shape index (κ2) is 29.2. The third-order valence-corrected chi connectivity index (χ3v) is 4.05. The first-order valence-electron chi connectivity index (χ1n) is 10.9. The molecule has 2 saturated heterocycles. The topological polar surface area (TPSA) is 309 Å². The maximum Gasteiger partial charge on any atom is 0.631 e. The zero-order valence-electron chi connectivity index (χ0n) is 21.5. The molecule has 0 unspecified atom stereocenters. The summed E-state index contributed by atoms with van der Waals surface area (Å²) in [5.41, 5.74) is 0. The highest BCUT2D eigenvalue weighted by atomic mass is 16.5. The molecule has 0 aromatic carbocycles. The van der Waals surface area contributed by atoms with Crippen LogP contribution in [0.25, 0.3) is 0 Å². The summed E-state index contributed by atoms with van der Waals surface area (Å²) in [5.74, 6) is 0. The second-order valence-corrected chi connectivity index (χ2v) is 8.58. The monoisotopic (exact) mass is 536 g/mol. The minimum absolute atomic E-state index is 1.25. The van der Waals surface area contributed by atoms with Gasteiger partial charge in [-0.25, -0.2) is 0 Å². The van der Waals surface area contributed by atoms with Gasteiger partial charge in [-0.05, 0) is 38.5 Å². The van der Waals surface area contributed by atoms with Gasteiger partial charge in [0, 0.05) is 0 Å². The van der Waals surface area contributed by atoms with Crippen LogP contribution in [0.1, 0.15) is 38.5 Å². The van der Waals surface area contributed by atoms with Crippen molar-refractivity contribution in [3.63, 3.8) is 0 Å². The van der Waals surface area contributed by atoms with Gasteiger partial charge in [-0.1, -0.05) is 0 Å². The minimum Gasteiger partial charge on any atom is -0.871 e. The van der Waals surface area contributed by atoms with Gasteiger partial charge < -0.3 is 84.3 Å². The number of hydrogen-bond donors (Lipinski definition) is 13. The van der Waals surface area contributed by atoms with Gasteiger partial charge in [0.2, 0.25) is 0 Å². The lowest BCUT2D eigenvalue weighted by molar-refractivity contribution is -0.894. The standard InChI is InChI=1S/2C7H16N.4BH3O3.BHO3/c2*1-8(2)6-4-3-5-7-8;5*2-1(3)4/h2*3-7H2,1-2H3;4*2-4H;2H/q2*+1;;;;;-2. The van der Waals surface area contributed by atoms with Crippen LogP contribution in [0.3, 0.4) is 0 Å². The van der Waals surface area contributed by atoms with Gasteiger partial charge in [0.1, 0.15) is 0 Å². The number of likely N-dealkylation sites (tertiary alicyclic amines) is 2. The molecule has 17 nitrogen and oxygen atoms in total. The fourth-order valence-electron chi connectivity index (χ4n) is 2.74. The fraction of sp³-hybridized carbons (Fsp3) is 1.00. The van der Waals surface area contributed by atoms with E-state index >= 15 is 0 Å². The molecule has 0 amide bonds. The molecule has 0 aromatic rings. The Hall–Kier alpha value is -0.355. The van der Waals surface area contributed by atoms with Crippen LogP contribution in [0.15, 0.2) is 0 Å². The summed E-state index contributed by atoms with van der Waals surface area (Å²) in [6, 6.07) is 0. The van der Waals surface area contributed by atoms with E-state index in [2.05, 4.69) is 28.2 Å². The first kappa shape index (κ1) is 45.6. The molecule has 36 heavy (non-hydrogen) atoms. The maximum atomic E-state index is 8.53. The number of quaternary nitrogens is 2. The van der Waals surface area contributed by atoms with E-state index in [1.807, 2.05) is 0 Å². The Balaban J connectivity index is -0.000000107. The first-order chi connectivity index (χ1) is 16.1. The zero-order valence-corrected chi connectivity index (χ0v) is 21.5. The number of nitrogens with zero attached hydrogens (tertiary/aromatic N) is 2. The van der Waals surface area contributed by atoms with E-state index in [9.17, 15) is 0 Å². The Morgan fingerprint density at radius 3 is 0.556 bits per heavy atom. The summed E-state index contributed by atoms with van der Waals surface area (Å²) in [5, 5.41) is 110. The van der Waals surface area contributed by atoms with E-state index in [0.717, 1.165) is 0 Å². The van der Waals surface area contributed by atoms with Gasteiger partial charge in [-0.2, -0.15) is 0 Å². The Bertz CT molecular complexity index is 341. The number of rotatable bonds is 0. The molecule has 2 aliphatic rings. The van der Waals surface area contributed by atoms with Crippen molar-refractivity contribution in [1.82, 2.24) is 0 Å². The molecule has 2 heterocycles. The molecule has 0 spiro atoms. The van der Waals surface area contributed by atoms with Crippen molar-refractivity contribution >= 4 is 36.6 Å². The quantitative estimate of drug-likeness (QED) is 0.101. The zero-order chi connectivity index (χ0) is 30.0. The van der Waals surface area contributed by atoms with Crippen LogP contribution in [-0.2, 0) is 0 Å². The summed E-state index contributed by atoms with van der Waals surface area (Å²) >= 11 is 0. The molecule has 0 aromatic heterocycles. The van der Waals surface area contributed by atoms with Crippen molar-refractivity contribution in [2.75, 3.05) is 54.4 Å². The van der Waals surface area contributed by atoms with Crippen LogP contribution in [0.2, 0.25) is 0 Å². The number of piperidine rings is 2. The Labute approximate surface area is 214 Å². The Morgan fingerprint density at radius 1 is 0.389 bits per heavy atom. The molecular weight excluding hydrogens is 490 g/mol. The van der Waals surface area contributed by atoms with Gasteiger partial charge in [0.05, 0.1) is 61.7 Å². The average Bonchev–Trinajstić information content (AvgIpc) is 2.59. The molecule has 13 N–H and O–H groups in total. The van der Waals surface area contributed by atoms with Gasteiger partial charge in [-0.15, -0.1) is 0 Å². The highest BCUT2D eigenvalue weighted by molar-refractivity contribution is 6.31. The average molecular weight is 536 g/mol. The fourth-order valence-corrected chi connectivity index (χ4v) is 2.74. The lowest BCUT2D eigenvalue weighted by Gasteiger charge is -2.33. The summed E-state index contributed by atoms with van der Waals surface area (Å²) in [6.07, 6.45) is 8.67. The third kappa shape index (κ3) is 92.9. The van der Waals surface area contributed by atoms with Gasteiger partial charge >= 0.3 is 29.3 Å². The first-order valence-corrected chi connectivity index (χ1v) is 10.9. The van der Waals surface area contributed by atoms with Crippen molar-refractivity contribution in [2.24, 2.45) is 0 Å². The van der Waals surface area contributed by atoms with E-state index in [1.54, 1.807) is 0 Å². The highest BCUT2D eigenvalue weighted by Crippen LogP contribution is 2.12.